The van der Waals surface area contributed by atoms with Crippen LogP contribution < -0.4 is 4.89 Å². The van der Waals surface area contributed by atoms with Gasteiger partial charge in [-0.3, -0.25) is 14.2 Å². The summed E-state index contributed by atoms with van der Waals surface area (Å²) in [7, 11) is 1.09. The minimum Gasteiger partial charge on any atom is -0.756 e. The van der Waals surface area contributed by atoms with Gasteiger partial charge in [-0.1, -0.05) is 112 Å². The smallest absolute Gasteiger partial charge is 0.306 e. The average molecular weight is 820 g/mol. The fourth-order valence-electron chi connectivity index (χ4n) is 5.52. The molecule has 3 unspecified atom stereocenters. The van der Waals surface area contributed by atoms with E-state index in [1.807, 2.05) is 27.2 Å². The summed E-state index contributed by atoms with van der Waals surface area (Å²) in [5, 5.41) is 0. The molecule has 10 nitrogen and oxygen atoms in total. The first-order valence-electron chi connectivity index (χ1n) is 21.8. The molecule has 0 amide bonds. The lowest BCUT2D eigenvalue weighted by Crippen LogP contribution is -2.37. The highest BCUT2D eigenvalue weighted by Gasteiger charge is 2.36. The van der Waals surface area contributed by atoms with E-state index in [9.17, 15) is 19.0 Å². The molecule has 1 aliphatic heterocycles. The predicted molar refractivity (Wildman–Crippen MR) is 230 cm³/mol. The number of phosphoric ester groups is 1. The van der Waals surface area contributed by atoms with Crippen LogP contribution in [0, 0.1) is 0 Å². The molecule has 1 heterocycles. The summed E-state index contributed by atoms with van der Waals surface area (Å²) in [6.07, 6.45) is 44.0. The molecule has 0 spiro atoms. The minimum atomic E-state index is -4.65. The summed E-state index contributed by atoms with van der Waals surface area (Å²) in [6, 6.07) is 0. The van der Waals surface area contributed by atoms with Crippen molar-refractivity contribution in [1.82, 2.24) is 0 Å². The first-order chi connectivity index (χ1) is 27.5. The third-order valence-corrected chi connectivity index (χ3v) is 10.1. The van der Waals surface area contributed by atoms with Gasteiger partial charge in [-0.25, -0.2) is 0 Å². The predicted octanol–water partition coefficient (Wildman–Crippen LogP) is 10.6. The van der Waals surface area contributed by atoms with Gasteiger partial charge in [-0.05, 0) is 89.9 Å². The molecule has 0 aromatic heterocycles. The third-order valence-electron chi connectivity index (χ3n) is 9.10. The Balaban J connectivity index is 2.37. The summed E-state index contributed by atoms with van der Waals surface area (Å²) in [6.45, 7) is 4.02. The second-order valence-corrected chi connectivity index (χ2v) is 17.1. The number of epoxide rings is 1. The summed E-state index contributed by atoms with van der Waals surface area (Å²) in [5.41, 5.74) is 0. The van der Waals surface area contributed by atoms with Crippen molar-refractivity contribution in [3.8, 4) is 0 Å². The van der Waals surface area contributed by atoms with Crippen molar-refractivity contribution < 1.29 is 46.8 Å². The zero-order valence-corrected chi connectivity index (χ0v) is 37.1. The van der Waals surface area contributed by atoms with Gasteiger partial charge in [0.2, 0.25) is 0 Å². The van der Waals surface area contributed by atoms with Crippen LogP contribution in [0.1, 0.15) is 142 Å². The normalized spacial score (nSPS) is 17.9. The van der Waals surface area contributed by atoms with E-state index in [0.29, 0.717) is 36.1 Å². The second-order valence-electron chi connectivity index (χ2n) is 15.7. The monoisotopic (exact) mass is 820 g/mol. The number of likely N-dealkylation sites (N-methyl/N-ethyl adjacent to an activating group) is 1. The maximum atomic E-state index is 12.7. The van der Waals surface area contributed by atoms with Crippen LogP contribution in [0.3, 0.4) is 0 Å². The summed E-state index contributed by atoms with van der Waals surface area (Å²) >= 11 is 0. The summed E-state index contributed by atoms with van der Waals surface area (Å²) in [5.74, 6) is -0.959. The van der Waals surface area contributed by atoms with E-state index in [1.165, 1.54) is 38.5 Å². The van der Waals surface area contributed by atoms with E-state index in [-0.39, 0.29) is 26.1 Å². The van der Waals surface area contributed by atoms with E-state index >= 15 is 0 Å². The van der Waals surface area contributed by atoms with Gasteiger partial charge in [0.05, 0.1) is 40.0 Å². The zero-order chi connectivity index (χ0) is 41.9. The Morgan fingerprint density at radius 2 is 1.11 bits per heavy atom. The summed E-state index contributed by atoms with van der Waals surface area (Å²) in [4.78, 5) is 37.5. The Morgan fingerprint density at radius 1 is 0.632 bits per heavy atom. The van der Waals surface area contributed by atoms with Gasteiger partial charge in [-0.15, -0.1) is 0 Å². The number of allylic oxidation sites excluding steroid dienone is 10. The van der Waals surface area contributed by atoms with Gasteiger partial charge >= 0.3 is 11.9 Å². The van der Waals surface area contributed by atoms with Crippen molar-refractivity contribution in [2.75, 3.05) is 47.5 Å². The highest BCUT2D eigenvalue weighted by molar-refractivity contribution is 7.45. The number of phosphoric acid groups is 1. The average Bonchev–Trinajstić information content (AvgIpc) is 3.92. The molecule has 0 bridgehead atoms. The van der Waals surface area contributed by atoms with Crippen molar-refractivity contribution >= 4 is 19.8 Å². The molecule has 57 heavy (non-hydrogen) atoms. The van der Waals surface area contributed by atoms with Crippen LogP contribution in [0.5, 0.6) is 0 Å². The van der Waals surface area contributed by atoms with Crippen molar-refractivity contribution in [1.29, 1.82) is 0 Å². The molecule has 0 aromatic rings. The van der Waals surface area contributed by atoms with Crippen LogP contribution in [-0.2, 0) is 37.4 Å². The van der Waals surface area contributed by atoms with Crippen molar-refractivity contribution in [3.63, 3.8) is 0 Å². The van der Waals surface area contributed by atoms with Gasteiger partial charge in [0.1, 0.15) is 19.8 Å². The molecule has 1 rings (SSSR count). The Labute approximate surface area is 346 Å². The van der Waals surface area contributed by atoms with Gasteiger partial charge in [-0.2, -0.15) is 0 Å². The van der Waals surface area contributed by atoms with Gasteiger partial charge in [0.15, 0.2) is 6.10 Å². The van der Waals surface area contributed by atoms with Crippen molar-refractivity contribution in [3.05, 3.63) is 72.9 Å². The van der Waals surface area contributed by atoms with Gasteiger partial charge in [0.25, 0.3) is 7.82 Å². The fraction of sp³-hybridized carbons (Fsp3) is 0.696. The maximum absolute atomic E-state index is 12.7. The minimum absolute atomic E-state index is 0.0526. The number of esters is 2. The lowest BCUT2D eigenvalue weighted by atomic mass is 10.1. The SMILES string of the molecule is CCCCC/C=C\C/C=C\C/C=C\CCCCC(=O)O[C@H](COC(=O)CCC/C=C\C/C=C\CC1OC1C/C=C\CCCCC)COP(=O)([O-])OCC[N+](C)(C)C. The van der Waals surface area contributed by atoms with E-state index in [1.54, 1.807) is 0 Å². The fourth-order valence-corrected chi connectivity index (χ4v) is 6.24. The van der Waals surface area contributed by atoms with E-state index in [4.69, 9.17) is 23.3 Å². The van der Waals surface area contributed by atoms with Crippen molar-refractivity contribution in [2.24, 2.45) is 0 Å². The second kappa shape index (κ2) is 34.3. The molecule has 1 aliphatic rings. The number of nitrogens with zero attached hydrogens (tertiary/aromatic N) is 1. The molecule has 11 heteroatoms. The molecule has 0 aromatic carbocycles. The van der Waals surface area contributed by atoms with Crippen LogP contribution in [0.4, 0.5) is 0 Å². The Bertz CT molecular complexity index is 1270. The Morgan fingerprint density at radius 3 is 1.67 bits per heavy atom. The molecule has 0 aliphatic carbocycles. The number of hydrogen-bond donors (Lipinski definition) is 0. The molecular formula is C46H78NO9P. The standard InChI is InChI=1S/C46H78NO9P/c1-6-8-10-12-14-15-16-17-18-19-20-21-24-29-33-37-46(49)55-42(41-54-57(50,51)53-39-38-47(3,4)5)40-52-45(48)36-32-28-25-22-23-27-31-35-44-43(56-44)34-30-26-13-11-9-7-2/h14-15,17-18,20-22,25-27,30-31,42-44H,6-13,16,19,23-24,28-29,32-41H2,1-5H3/b15-14-,18-17-,21-20-,25-22-,30-26-,31-27-/t42-,43?,44?/m1/s1. The summed E-state index contributed by atoms with van der Waals surface area (Å²) < 4.78 is 39.5. The van der Waals surface area contributed by atoms with E-state index in [2.05, 4.69) is 80.7 Å². The number of hydrogen-bond acceptors (Lipinski definition) is 9. The van der Waals surface area contributed by atoms with Crippen LogP contribution in [0.2, 0.25) is 0 Å². The zero-order valence-electron chi connectivity index (χ0n) is 36.2. The first kappa shape index (κ1) is 52.4. The van der Waals surface area contributed by atoms with E-state index < -0.39 is 32.5 Å². The lowest BCUT2D eigenvalue weighted by Gasteiger charge is -2.28. The largest absolute Gasteiger partial charge is 0.756 e. The van der Waals surface area contributed by atoms with Crippen LogP contribution in [-0.4, -0.2) is 82.2 Å². The quantitative estimate of drug-likeness (QED) is 0.0150. The number of ether oxygens (including phenoxy) is 3. The number of quaternary nitrogens is 1. The molecule has 0 N–H and O–H groups in total. The van der Waals surface area contributed by atoms with Crippen LogP contribution in [0.25, 0.3) is 0 Å². The molecule has 1 fully saturated rings. The highest BCUT2D eigenvalue weighted by Crippen LogP contribution is 2.38. The van der Waals surface area contributed by atoms with Crippen LogP contribution in [0.15, 0.2) is 72.9 Å². The highest BCUT2D eigenvalue weighted by atomic mass is 31.2. The van der Waals surface area contributed by atoms with Crippen LogP contribution >= 0.6 is 7.82 Å². The number of unbranched alkanes of at least 4 members (excludes halogenated alkanes) is 9. The van der Waals surface area contributed by atoms with Gasteiger partial charge in [0, 0.05) is 12.8 Å². The Hall–Kier alpha value is -2.59. The number of carbonyl (C=O) groups excluding carboxylic acids is 2. The molecular weight excluding hydrogens is 741 g/mol. The molecule has 0 saturated carbocycles. The molecule has 326 valence electrons. The number of carbonyl (C=O) groups is 2. The molecule has 4 atom stereocenters. The molecule has 1 saturated heterocycles. The van der Waals surface area contributed by atoms with Gasteiger partial charge < -0.3 is 32.6 Å². The first-order valence-corrected chi connectivity index (χ1v) is 23.2. The lowest BCUT2D eigenvalue weighted by molar-refractivity contribution is -0.870. The third kappa shape index (κ3) is 35.1. The molecule has 0 radical (unpaired) electrons. The number of rotatable bonds is 37. The van der Waals surface area contributed by atoms with E-state index in [0.717, 1.165) is 64.2 Å². The maximum Gasteiger partial charge on any atom is 0.306 e. The Kier molecular flexibility index (Phi) is 31.5. The van der Waals surface area contributed by atoms with Crippen molar-refractivity contribution in [2.45, 2.75) is 161 Å². The topological polar surface area (TPSA) is 124 Å².